The Bertz CT molecular complexity index is 506. The molecule has 0 atom stereocenters. The smallest absolute Gasteiger partial charge is 0.257 e. The number of hydrogen-bond acceptors (Lipinski definition) is 3. The molecule has 5 nitrogen and oxygen atoms in total. The standard InChI is InChI=1S/C12H17F2N5/c1-2-19-11(3-5-16-19)8-15-7-10-4-6-18(17-10)9-12(13)14/h3-6,12,15H,2,7-9H2,1H3. The Morgan fingerprint density at radius 2 is 2.16 bits per heavy atom. The van der Waals surface area contributed by atoms with Gasteiger partial charge in [0.25, 0.3) is 6.43 Å². The summed E-state index contributed by atoms with van der Waals surface area (Å²) in [6, 6.07) is 3.69. The number of aromatic nitrogens is 4. The Kier molecular flexibility index (Phi) is 4.62. The molecule has 2 rings (SSSR count). The maximum absolute atomic E-state index is 12.2. The molecule has 0 saturated heterocycles. The summed E-state index contributed by atoms with van der Waals surface area (Å²) in [6.45, 7) is 3.72. The third kappa shape index (κ3) is 3.85. The molecule has 2 aromatic rings. The molecule has 2 aromatic heterocycles. The average molecular weight is 269 g/mol. The van der Waals surface area contributed by atoms with Gasteiger partial charge in [0.15, 0.2) is 0 Å². The van der Waals surface area contributed by atoms with Crippen LogP contribution in [-0.2, 0) is 26.2 Å². The predicted molar refractivity (Wildman–Crippen MR) is 66.7 cm³/mol. The highest BCUT2D eigenvalue weighted by Crippen LogP contribution is 2.02. The van der Waals surface area contributed by atoms with Crippen molar-refractivity contribution in [3.05, 3.63) is 35.9 Å². The van der Waals surface area contributed by atoms with Gasteiger partial charge in [-0.3, -0.25) is 9.36 Å². The van der Waals surface area contributed by atoms with Crippen molar-refractivity contribution in [2.45, 2.75) is 39.5 Å². The first-order chi connectivity index (χ1) is 9.19. The lowest BCUT2D eigenvalue weighted by atomic mass is 10.4. The van der Waals surface area contributed by atoms with Crippen LogP contribution in [0, 0.1) is 0 Å². The number of rotatable bonds is 7. The van der Waals surface area contributed by atoms with E-state index in [4.69, 9.17) is 0 Å². The lowest BCUT2D eigenvalue weighted by Gasteiger charge is -2.05. The Labute approximate surface area is 110 Å². The van der Waals surface area contributed by atoms with Crippen LogP contribution in [0.4, 0.5) is 8.78 Å². The molecule has 0 bridgehead atoms. The van der Waals surface area contributed by atoms with Gasteiger partial charge >= 0.3 is 0 Å². The van der Waals surface area contributed by atoms with Gasteiger partial charge in [-0.25, -0.2) is 8.78 Å². The molecule has 0 radical (unpaired) electrons. The molecule has 0 unspecified atom stereocenters. The fourth-order valence-corrected chi connectivity index (χ4v) is 1.85. The first kappa shape index (κ1) is 13.7. The number of nitrogens with zero attached hydrogens (tertiary/aromatic N) is 4. The molecule has 0 aromatic carbocycles. The van der Waals surface area contributed by atoms with Crippen LogP contribution in [0.2, 0.25) is 0 Å². The number of halogens is 2. The van der Waals surface area contributed by atoms with Crippen LogP contribution in [0.3, 0.4) is 0 Å². The first-order valence-corrected chi connectivity index (χ1v) is 6.21. The molecule has 0 spiro atoms. The highest BCUT2D eigenvalue weighted by Gasteiger charge is 2.06. The van der Waals surface area contributed by atoms with Gasteiger partial charge in [-0.2, -0.15) is 10.2 Å². The van der Waals surface area contributed by atoms with Crippen LogP contribution in [0.25, 0.3) is 0 Å². The summed E-state index contributed by atoms with van der Waals surface area (Å²) in [5.74, 6) is 0. The van der Waals surface area contributed by atoms with Gasteiger partial charge < -0.3 is 5.32 Å². The van der Waals surface area contributed by atoms with Crippen LogP contribution in [0.15, 0.2) is 24.5 Å². The monoisotopic (exact) mass is 269 g/mol. The van der Waals surface area contributed by atoms with Gasteiger partial charge in [0.05, 0.1) is 11.4 Å². The van der Waals surface area contributed by atoms with Gasteiger partial charge in [-0.15, -0.1) is 0 Å². The zero-order valence-corrected chi connectivity index (χ0v) is 10.8. The Balaban J connectivity index is 1.81. The molecule has 0 aliphatic rings. The van der Waals surface area contributed by atoms with E-state index in [9.17, 15) is 8.78 Å². The molecule has 0 aliphatic carbocycles. The summed E-state index contributed by atoms with van der Waals surface area (Å²) in [5.41, 5.74) is 1.85. The van der Waals surface area contributed by atoms with E-state index in [2.05, 4.69) is 15.5 Å². The second kappa shape index (κ2) is 6.42. The highest BCUT2D eigenvalue weighted by atomic mass is 19.3. The molecular weight excluding hydrogens is 252 g/mol. The molecule has 7 heteroatoms. The maximum atomic E-state index is 12.2. The molecule has 19 heavy (non-hydrogen) atoms. The summed E-state index contributed by atoms with van der Waals surface area (Å²) in [7, 11) is 0. The van der Waals surface area contributed by atoms with Crippen LogP contribution >= 0.6 is 0 Å². The van der Waals surface area contributed by atoms with E-state index in [-0.39, 0.29) is 6.54 Å². The highest BCUT2D eigenvalue weighted by molar-refractivity contribution is 5.02. The summed E-state index contributed by atoms with van der Waals surface area (Å²) >= 11 is 0. The molecular formula is C12H17F2N5. The van der Waals surface area contributed by atoms with E-state index in [1.807, 2.05) is 17.7 Å². The molecule has 2 heterocycles. The van der Waals surface area contributed by atoms with Gasteiger partial charge in [-0.1, -0.05) is 0 Å². The van der Waals surface area contributed by atoms with E-state index >= 15 is 0 Å². The second-order valence-electron chi connectivity index (χ2n) is 4.16. The van der Waals surface area contributed by atoms with Crippen molar-refractivity contribution < 1.29 is 8.78 Å². The van der Waals surface area contributed by atoms with Crippen LogP contribution in [0.5, 0.6) is 0 Å². The van der Waals surface area contributed by atoms with E-state index < -0.39 is 6.43 Å². The van der Waals surface area contributed by atoms with E-state index in [1.54, 1.807) is 18.5 Å². The Morgan fingerprint density at radius 1 is 1.32 bits per heavy atom. The molecule has 1 N–H and O–H groups in total. The fourth-order valence-electron chi connectivity index (χ4n) is 1.85. The lowest BCUT2D eigenvalue weighted by molar-refractivity contribution is 0.121. The Morgan fingerprint density at radius 3 is 2.89 bits per heavy atom. The number of hydrogen-bond donors (Lipinski definition) is 1. The maximum Gasteiger partial charge on any atom is 0.257 e. The molecule has 0 amide bonds. The first-order valence-electron chi connectivity index (χ1n) is 6.21. The van der Waals surface area contributed by atoms with E-state index in [0.717, 1.165) is 17.9 Å². The summed E-state index contributed by atoms with van der Waals surface area (Å²) in [4.78, 5) is 0. The van der Waals surface area contributed by atoms with E-state index in [1.165, 1.54) is 4.68 Å². The molecule has 104 valence electrons. The van der Waals surface area contributed by atoms with Crippen molar-refractivity contribution in [3.8, 4) is 0 Å². The Hall–Kier alpha value is -1.76. The van der Waals surface area contributed by atoms with Crippen molar-refractivity contribution in [1.29, 1.82) is 0 Å². The average Bonchev–Trinajstić information content (AvgIpc) is 2.98. The van der Waals surface area contributed by atoms with Crippen molar-refractivity contribution in [2.75, 3.05) is 0 Å². The fraction of sp³-hybridized carbons (Fsp3) is 0.500. The van der Waals surface area contributed by atoms with Gasteiger partial charge in [-0.05, 0) is 19.1 Å². The van der Waals surface area contributed by atoms with Gasteiger partial charge in [0.2, 0.25) is 0 Å². The van der Waals surface area contributed by atoms with Crippen molar-refractivity contribution in [2.24, 2.45) is 0 Å². The normalized spacial score (nSPS) is 11.4. The topological polar surface area (TPSA) is 47.7 Å². The lowest BCUT2D eigenvalue weighted by Crippen LogP contribution is -2.17. The minimum Gasteiger partial charge on any atom is -0.305 e. The zero-order valence-electron chi connectivity index (χ0n) is 10.8. The minimum absolute atomic E-state index is 0.359. The summed E-state index contributed by atoms with van der Waals surface area (Å²) < 4.78 is 27.5. The summed E-state index contributed by atoms with van der Waals surface area (Å²) in [5, 5.41) is 11.5. The van der Waals surface area contributed by atoms with Crippen LogP contribution in [-0.4, -0.2) is 26.0 Å². The van der Waals surface area contributed by atoms with Crippen LogP contribution < -0.4 is 5.32 Å². The quantitative estimate of drug-likeness (QED) is 0.831. The predicted octanol–water partition coefficient (Wildman–Crippen LogP) is 1.65. The molecule has 0 fully saturated rings. The van der Waals surface area contributed by atoms with Gasteiger partial charge in [0, 0.05) is 32.0 Å². The third-order valence-corrected chi connectivity index (χ3v) is 2.74. The molecule has 0 aliphatic heterocycles. The summed E-state index contributed by atoms with van der Waals surface area (Å²) in [6.07, 6.45) is 0.955. The van der Waals surface area contributed by atoms with Crippen molar-refractivity contribution in [3.63, 3.8) is 0 Å². The number of alkyl halides is 2. The number of aryl methyl sites for hydroxylation is 1. The largest absolute Gasteiger partial charge is 0.305 e. The van der Waals surface area contributed by atoms with Crippen molar-refractivity contribution >= 4 is 0 Å². The van der Waals surface area contributed by atoms with Gasteiger partial charge in [0.1, 0.15) is 6.54 Å². The minimum atomic E-state index is -2.38. The molecule has 0 saturated carbocycles. The number of nitrogens with one attached hydrogen (secondary N) is 1. The SMILES string of the molecule is CCn1nccc1CNCc1ccn(CC(F)F)n1. The second-order valence-corrected chi connectivity index (χ2v) is 4.16. The zero-order chi connectivity index (χ0) is 13.7. The third-order valence-electron chi connectivity index (χ3n) is 2.74. The van der Waals surface area contributed by atoms with E-state index in [0.29, 0.717) is 13.1 Å². The van der Waals surface area contributed by atoms with Crippen LogP contribution in [0.1, 0.15) is 18.3 Å². The van der Waals surface area contributed by atoms with Crippen molar-refractivity contribution in [1.82, 2.24) is 24.9 Å².